The molecular weight excluding hydrogens is 214 g/mol. The first-order chi connectivity index (χ1) is 7.11. The van der Waals surface area contributed by atoms with Crippen LogP contribution in [-0.2, 0) is 0 Å². The molecule has 0 fully saturated rings. The van der Waals surface area contributed by atoms with Gasteiger partial charge in [-0.25, -0.2) is 0 Å². The second-order valence-electron chi connectivity index (χ2n) is 3.23. The third kappa shape index (κ3) is 2.49. The molecule has 15 heavy (non-hydrogen) atoms. The monoisotopic (exact) mass is 227 g/mol. The normalized spacial score (nSPS) is 10.1. The highest BCUT2D eigenvalue weighted by Gasteiger charge is 2.14. The van der Waals surface area contributed by atoms with Crippen LogP contribution >= 0.6 is 11.6 Å². The maximum absolute atomic E-state index is 11.6. The zero-order chi connectivity index (χ0) is 11.4. The zero-order valence-electron chi connectivity index (χ0n) is 9.06. The van der Waals surface area contributed by atoms with Gasteiger partial charge < -0.3 is 10.1 Å². The minimum Gasteiger partial charge on any atom is -0.495 e. The number of likely N-dealkylation sites (N-methyl/N-ethyl adjacent to an activating group) is 1. The van der Waals surface area contributed by atoms with Crippen LogP contribution in [-0.4, -0.2) is 26.5 Å². The molecule has 82 valence electrons. The Morgan fingerprint density at radius 3 is 2.73 bits per heavy atom. The average Bonchev–Trinajstić information content (AvgIpc) is 2.18. The molecular formula is C11H14ClNO2. The molecule has 0 aromatic heterocycles. The third-order valence-electron chi connectivity index (χ3n) is 2.14. The van der Waals surface area contributed by atoms with Crippen LogP contribution in [0.15, 0.2) is 12.1 Å². The first-order valence-corrected chi connectivity index (χ1v) is 5.00. The SMILES string of the molecule is CNCC(=O)c1ccc(C)c(OC)c1Cl. The molecule has 0 aliphatic heterocycles. The van der Waals surface area contributed by atoms with Crippen LogP contribution in [0.3, 0.4) is 0 Å². The van der Waals surface area contributed by atoms with Crippen molar-refractivity contribution in [3.63, 3.8) is 0 Å². The number of methoxy groups -OCH3 is 1. The molecule has 0 saturated carbocycles. The Balaban J connectivity index is 3.15. The molecule has 1 rings (SSSR count). The number of hydrogen-bond donors (Lipinski definition) is 1. The topological polar surface area (TPSA) is 38.3 Å². The Hall–Kier alpha value is -1.06. The van der Waals surface area contributed by atoms with Gasteiger partial charge in [0.25, 0.3) is 0 Å². The summed E-state index contributed by atoms with van der Waals surface area (Å²) in [6.07, 6.45) is 0. The predicted octanol–water partition coefficient (Wildman–Crippen LogP) is 2.06. The smallest absolute Gasteiger partial charge is 0.178 e. The number of ketones is 1. The van der Waals surface area contributed by atoms with Crippen LogP contribution in [0.25, 0.3) is 0 Å². The van der Waals surface area contributed by atoms with Crippen molar-refractivity contribution in [2.24, 2.45) is 0 Å². The molecule has 0 aliphatic carbocycles. The van der Waals surface area contributed by atoms with Gasteiger partial charge in [-0.1, -0.05) is 17.7 Å². The molecule has 4 heteroatoms. The van der Waals surface area contributed by atoms with Crippen molar-refractivity contribution < 1.29 is 9.53 Å². The predicted molar refractivity (Wildman–Crippen MR) is 61.0 cm³/mol. The van der Waals surface area contributed by atoms with Gasteiger partial charge in [-0.05, 0) is 25.6 Å². The maximum atomic E-state index is 11.6. The Labute approximate surface area is 94.4 Å². The Bertz CT molecular complexity index is 377. The van der Waals surface area contributed by atoms with Crippen molar-refractivity contribution in [3.8, 4) is 5.75 Å². The summed E-state index contributed by atoms with van der Waals surface area (Å²) in [5, 5.41) is 3.18. The van der Waals surface area contributed by atoms with E-state index in [4.69, 9.17) is 16.3 Å². The number of hydrogen-bond acceptors (Lipinski definition) is 3. The van der Waals surface area contributed by atoms with E-state index in [1.54, 1.807) is 20.2 Å². The molecule has 0 bridgehead atoms. The van der Waals surface area contributed by atoms with Crippen molar-refractivity contribution in [1.82, 2.24) is 5.32 Å². The Morgan fingerprint density at radius 1 is 1.53 bits per heavy atom. The number of nitrogens with one attached hydrogen (secondary N) is 1. The van der Waals surface area contributed by atoms with Gasteiger partial charge in [0.2, 0.25) is 0 Å². The molecule has 3 nitrogen and oxygen atoms in total. The summed E-state index contributed by atoms with van der Waals surface area (Å²) in [6.45, 7) is 2.16. The molecule has 0 atom stereocenters. The highest BCUT2D eigenvalue weighted by molar-refractivity contribution is 6.35. The van der Waals surface area contributed by atoms with Gasteiger partial charge in [0.1, 0.15) is 5.75 Å². The summed E-state index contributed by atoms with van der Waals surface area (Å²) in [7, 11) is 3.26. The lowest BCUT2D eigenvalue weighted by Crippen LogP contribution is -2.19. The van der Waals surface area contributed by atoms with Gasteiger partial charge in [0.05, 0.1) is 18.7 Å². The first kappa shape index (κ1) is 12.0. The second kappa shape index (κ2) is 5.14. The van der Waals surface area contributed by atoms with E-state index < -0.39 is 0 Å². The van der Waals surface area contributed by atoms with Crippen LogP contribution in [0.5, 0.6) is 5.75 Å². The van der Waals surface area contributed by atoms with Crippen molar-refractivity contribution in [2.45, 2.75) is 6.92 Å². The van der Waals surface area contributed by atoms with Crippen molar-refractivity contribution in [1.29, 1.82) is 0 Å². The van der Waals surface area contributed by atoms with Crippen molar-refractivity contribution in [2.75, 3.05) is 20.7 Å². The van der Waals surface area contributed by atoms with E-state index in [0.717, 1.165) is 5.56 Å². The Kier molecular flexibility index (Phi) is 4.12. The fourth-order valence-corrected chi connectivity index (χ4v) is 1.77. The summed E-state index contributed by atoms with van der Waals surface area (Å²) < 4.78 is 5.14. The van der Waals surface area contributed by atoms with E-state index in [0.29, 0.717) is 16.3 Å². The van der Waals surface area contributed by atoms with Crippen LogP contribution in [0.2, 0.25) is 5.02 Å². The zero-order valence-corrected chi connectivity index (χ0v) is 9.81. The highest BCUT2D eigenvalue weighted by Crippen LogP contribution is 2.31. The van der Waals surface area contributed by atoms with Gasteiger partial charge in [-0.15, -0.1) is 0 Å². The van der Waals surface area contributed by atoms with Gasteiger partial charge in [-0.2, -0.15) is 0 Å². The van der Waals surface area contributed by atoms with E-state index in [1.807, 2.05) is 13.0 Å². The lowest BCUT2D eigenvalue weighted by atomic mass is 10.1. The number of ether oxygens (including phenoxy) is 1. The number of halogens is 1. The number of Topliss-reactive ketones (excluding diaryl/α,β-unsaturated/α-hetero) is 1. The highest BCUT2D eigenvalue weighted by atomic mass is 35.5. The van der Waals surface area contributed by atoms with Gasteiger partial charge >= 0.3 is 0 Å². The van der Waals surface area contributed by atoms with E-state index in [2.05, 4.69) is 5.32 Å². The number of rotatable bonds is 4. The fourth-order valence-electron chi connectivity index (χ4n) is 1.37. The van der Waals surface area contributed by atoms with Crippen LogP contribution in [0.1, 0.15) is 15.9 Å². The van der Waals surface area contributed by atoms with E-state index in [-0.39, 0.29) is 12.3 Å². The largest absolute Gasteiger partial charge is 0.495 e. The van der Waals surface area contributed by atoms with Crippen LogP contribution in [0.4, 0.5) is 0 Å². The minimum atomic E-state index is -0.0409. The minimum absolute atomic E-state index is 0.0409. The Morgan fingerprint density at radius 2 is 2.20 bits per heavy atom. The van der Waals surface area contributed by atoms with Gasteiger partial charge in [0, 0.05) is 5.56 Å². The molecule has 0 aliphatic rings. The summed E-state index contributed by atoms with van der Waals surface area (Å²) in [4.78, 5) is 11.6. The number of carbonyl (C=O) groups is 1. The van der Waals surface area contributed by atoms with Gasteiger partial charge in [-0.3, -0.25) is 4.79 Å². The van der Waals surface area contributed by atoms with E-state index in [1.165, 1.54) is 0 Å². The maximum Gasteiger partial charge on any atom is 0.178 e. The summed E-state index contributed by atoms with van der Waals surface area (Å²) >= 11 is 6.07. The molecule has 1 aromatic rings. The van der Waals surface area contributed by atoms with Gasteiger partial charge in [0.15, 0.2) is 5.78 Å². The van der Waals surface area contributed by atoms with E-state index in [9.17, 15) is 4.79 Å². The molecule has 0 unspecified atom stereocenters. The quantitative estimate of drug-likeness (QED) is 0.801. The summed E-state index contributed by atoms with van der Waals surface area (Å²) in [5.74, 6) is 0.527. The second-order valence-corrected chi connectivity index (χ2v) is 3.61. The number of aryl methyl sites for hydroxylation is 1. The molecule has 0 saturated heterocycles. The van der Waals surface area contributed by atoms with Crippen molar-refractivity contribution >= 4 is 17.4 Å². The van der Waals surface area contributed by atoms with Crippen LogP contribution in [0, 0.1) is 6.92 Å². The molecule has 0 radical (unpaired) electrons. The third-order valence-corrected chi connectivity index (χ3v) is 2.51. The van der Waals surface area contributed by atoms with Crippen LogP contribution < -0.4 is 10.1 Å². The molecule has 0 amide bonds. The summed E-state index contributed by atoms with van der Waals surface area (Å²) in [5.41, 5.74) is 1.41. The van der Waals surface area contributed by atoms with E-state index >= 15 is 0 Å². The first-order valence-electron chi connectivity index (χ1n) is 4.62. The molecule has 1 aromatic carbocycles. The average molecular weight is 228 g/mol. The molecule has 1 N–H and O–H groups in total. The fraction of sp³-hybridized carbons (Fsp3) is 0.364. The van der Waals surface area contributed by atoms with Crippen molar-refractivity contribution in [3.05, 3.63) is 28.3 Å². The molecule has 0 heterocycles. The summed E-state index contributed by atoms with van der Waals surface area (Å²) in [6, 6.07) is 3.55. The lowest BCUT2D eigenvalue weighted by molar-refractivity contribution is 0.0993. The number of carbonyl (C=O) groups excluding carboxylic acids is 1. The number of benzene rings is 1. The standard InChI is InChI=1S/C11H14ClNO2/c1-7-4-5-8(9(14)6-13-2)10(12)11(7)15-3/h4-5,13H,6H2,1-3H3. The lowest BCUT2D eigenvalue weighted by Gasteiger charge is -2.10. The molecule has 0 spiro atoms.